The number of anilines is 2. The number of aromatic nitrogens is 2. The third-order valence-corrected chi connectivity index (χ3v) is 4.75. The van der Waals surface area contributed by atoms with Gasteiger partial charge < -0.3 is 10.2 Å². The van der Waals surface area contributed by atoms with E-state index in [4.69, 9.17) is 4.98 Å². The molecule has 2 heterocycles. The largest absolute Gasteiger partial charge is 0.367 e. The summed E-state index contributed by atoms with van der Waals surface area (Å²) in [6, 6.07) is 13.1. The van der Waals surface area contributed by atoms with Gasteiger partial charge in [-0.1, -0.05) is 37.3 Å². The summed E-state index contributed by atoms with van der Waals surface area (Å²) in [5.41, 5.74) is 2.39. The minimum Gasteiger partial charge on any atom is -0.367 e. The molecule has 3 rings (SSSR count). The van der Waals surface area contributed by atoms with Crippen molar-refractivity contribution in [2.24, 2.45) is 0 Å². The van der Waals surface area contributed by atoms with Crippen LogP contribution in [0.3, 0.4) is 0 Å². The Balaban J connectivity index is 1.60. The zero-order valence-corrected chi connectivity index (χ0v) is 15.6. The molecule has 5 nitrogen and oxygen atoms in total. The molecule has 0 amide bonds. The Hall–Kier alpha value is -2.14. The van der Waals surface area contributed by atoms with Crippen LogP contribution in [0, 0.1) is 6.92 Å². The van der Waals surface area contributed by atoms with E-state index in [0.29, 0.717) is 6.04 Å². The van der Waals surface area contributed by atoms with Gasteiger partial charge in [-0.2, -0.15) is 4.98 Å². The van der Waals surface area contributed by atoms with Crippen molar-refractivity contribution in [3.8, 4) is 0 Å². The van der Waals surface area contributed by atoms with Gasteiger partial charge in [0.25, 0.3) is 0 Å². The van der Waals surface area contributed by atoms with Crippen LogP contribution in [0.25, 0.3) is 0 Å². The van der Waals surface area contributed by atoms with Gasteiger partial charge in [0.2, 0.25) is 5.95 Å². The first kappa shape index (κ1) is 17.7. The standard InChI is InChI=1S/C20H29N5/c1-4-16(2)21-19-14-17(3)22-20(23-19)25-12-10-24(11-13-25)15-18-8-6-5-7-9-18/h5-9,14,16H,4,10-13,15H2,1-3H3,(H,21,22,23). The Morgan fingerprint density at radius 1 is 1.08 bits per heavy atom. The van der Waals surface area contributed by atoms with Gasteiger partial charge in [-0.25, -0.2) is 4.98 Å². The number of aryl methyl sites for hydroxylation is 1. The van der Waals surface area contributed by atoms with E-state index >= 15 is 0 Å². The maximum Gasteiger partial charge on any atom is 0.227 e. The Morgan fingerprint density at radius 2 is 1.80 bits per heavy atom. The quantitative estimate of drug-likeness (QED) is 0.875. The normalized spacial score (nSPS) is 16.7. The highest BCUT2D eigenvalue weighted by atomic mass is 15.3. The second kappa shape index (κ2) is 8.30. The molecule has 1 aliphatic heterocycles. The van der Waals surface area contributed by atoms with Crippen LogP contribution in [0.4, 0.5) is 11.8 Å². The summed E-state index contributed by atoms with van der Waals surface area (Å²) in [5.74, 6) is 1.79. The summed E-state index contributed by atoms with van der Waals surface area (Å²) in [6.45, 7) is 11.4. The average molecular weight is 339 g/mol. The number of hydrogen-bond acceptors (Lipinski definition) is 5. The summed E-state index contributed by atoms with van der Waals surface area (Å²) in [7, 11) is 0. The number of benzene rings is 1. The Labute approximate surface area is 151 Å². The summed E-state index contributed by atoms with van der Waals surface area (Å²) in [5, 5.41) is 3.47. The fourth-order valence-corrected chi connectivity index (χ4v) is 3.07. The predicted molar refractivity (Wildman–Crippen MR) is 104 cm³/mol. The van der Waals surface area contributed by atoms with Crippen molar-refractivity contribution in [2.75, 3.05) is 36.4 Å². The lowest BCUT2D eigenvalue weighted by atomic mass is 10.2. The summed E-state index contributed by atoms with van der Waals surface area (Å²) in [6.07, 6.45) is 1.08. The van der Waals surface area contributed by atoms with Crippen LogP contribution >= 0.6 is 0 Å². The van der Waals surface area contributed by atoms with Crippen LogP contribution < -0.4 is 10.2 Å². The zero-order valence-electron chi connectivity index (χ0n) is 15.6. The molecule has 2 aromatic rings. The van der Waals surface area contributed by atoms with Gasteiger partial charge in [0, 0.05) is 50.5 Å². The molecule has 0 radical (unpaired) electrons. The molecule has 0 aliphatic carbocycles. The highest BCUT2D eigenvalue weighted by Crippen LogP contribution is 2.17. The number of hydrogen-bond donors (Lipinski definition) is 1. The summed E-state index contributed by atoms with van der Waals surface area (Å²) < 4.78 is 0. The van der Waals surface area contributed by atoms with Gasteiger partial charge in [0.05, 0.1) is 0 Å². The molecule has 1 unspecified atom stereocenters. The number of nitrogens with zero attached hydrogens (tertiary/aromatic N) is 4. The maximum atomic E-state index is 4.74. The van der Waals surface area contributed by atoms with Crippen molar-refractivity contribution in [3.63, 3.8) is 0 Å². The highest BCUT2D eigenvalue weighted by molar-refractivity contribution is 5.44. The van der Waals surface area contributed by atoms with E-state index < -0.39 is 0 Å². The Kier molecular flexibility index (Phi) is 5.87. The van der Waals surface area contributed by atoms with E-state index in [0.717, 1.165) is 56.6 Å². The first-order valence-corrected chi connectivity index (χ1v) is 9.27. The molecule has 134 valence electrons. The van der Waals surface area contributed by atoms with Crippen LogP contribution in [-0.2, 0) is 6.54 Å². The third-order valence-electron chi connectivity index (χ3n) is 4.75. The molecule has 1 saturated heterocycles. The van der Waals surface area contributed by atoms with E-state index in [1.165, 1.54) is 5.56 Å². The molecule has 1 N–H and O–H groups in total. The van der Waals surface area contributed by atoms with Gasteiger partial charge in [-0.15, -0.1) is 0 Å². The van der Waals surface area contributed by atoms with E-state index in [-0.39, 0.29) is 0 Å². The molecule has 5 heteroatoms. The second-order valence-electron chi connectivity index (χ2n) is 6.90. The SMILES string of the molecule is CCC(C)Nc1cc(C)nc(N2CCN(Cc3ccccc3)CC2)n1. The van der Waals surface area contributed by atoms with Gasteiger partial charge in [-0.05, 0) is 25.8 Å². The highest BCUT2D eigenvalue weighted by Gasteiger charge is 2.20. The summed E-state index contributed by atoms with van der Waals surface area (Å²) in [4.78, 5) is 14.2. The van der Waals surface area contributed by atoms with E-state index in [9.17, 15) is 0 Å². The van der Waals surface area contributed by atoms with Crippen LogP contribution in [-0.4, -0.2) is 47.1 Å². The molecule has 1 aromatic heterocycles. The van der Waals surface area contributed by atoms with Crippen molar-refractivity contribution in [1.82, 2.24) is 14.9 Å². The number of piperazine rings is 1. The van der Waals surface area contributed by atoms with Crippen LogP contribution in [0.1, 0.15) is 31.5 Å². The molecular formula is C20H29N5. The Morgan fingerprint density at radius 3 is 2.48 bits per heavy atom. The number of nitrogens with one attached hydrogen (secondary N) is 1. The first-order chi connectivity index (χ1) is 12.1. The van der Waals surface area contributed by atoms with Gasteiger partial charge in [0.1, 0.15) is 5.82 Å². The van der Waals surface area contributed by atoms with Crippen molar-refractivity contribution < 1.29 is 0 Å². The molecule has 25 heavy (non-hydrogen) atoms. The molecule has 0 spiro atoms. The van der Waals surface area contributed by atoms with Gasteiger partial charge in [0.15, 0.2) is 0 Å². The van der Waals surface area contributed by atoms with Crippen molar-refractivity contribution in [3.05, 3.63) is 47.7 Å². The Bertz CT molecular complexity index is 665. The predicted octanol–water partition coefficient (Wildman–Crippen LogP) is 3.32. The smallest absolute Gasteiger partial charge is 0.227 e. The topological polar surface area (TPSA) is 44.3 Å². The minimum absolute atomic E-state index is 0.421. The summed E-state index contributed by atoms with van der Waals surface area (Å²) >= 11 is 0. The average Bonchev–Trinajstić information content (AvgIpc) is 2.62. The molecule has 1 aliphatic rings. The van der Waals surface area contributed by atoms with Gasteiger partial charge in [-0.3, -0.25) is 4.90 Å². The van der Waals surface area contributed by atoms with Gasteiger partial charge >= 0.3 is 0 Å². The van der Waals surface area contributed by atoms with Crippen molar-refractivity contribution in [1.29, 1.82) is 0 Å². The van der Waals surface area contributed by atoms with Crippen molar-refractivity contribution >= 4 is 11.8 Å². The maximum absolute atomic E-state index is 4.74. The van der Waals surface area contributed by atoms with Crippen LogP contribution in [0.15, 0.2) is 36.4 Å². The van der Waals surface area contributed by atoms with E-state index in [1.807, 2.05) is 13.0 Å². The molecule has 1 atom stereocenters. The lowest BCUT2D eigenvalue weighted by molar-refractivity contribution is 0.248. The lowest BCUT2D eigenvalue weighted by Gasteiger charge is -2.35. The lowest BCUT2D eigenvalue weighted by Crippen LogP contribution is -2.46. The molecular weight excluding hydrogens is 310 g/mol. The molecule has 0 bridgehead atoms. The second-order valence-corrected chi connectivity index (χ2v) is 6.90. The fraction of sp³-hybridized carbons (Fsp3) is 0.500. The van der Waals surface area contributed by atoms with E-state index in [1.54, 1.807) is 0 Å². The third kappa shape index (κ3) is 4.92. The molecule has 1 fully saturated rings. The first-order valence-electron chi connectivity index (χ1n) is 9.27. The molecule has 0 saturated carbocycles. The minimum atomic E-state index is 0.421. The van der Waals surface area contributed by atoms with Crippen LogP contribution in [0.2, 0.25) is 0 Å². The monoisotopic (exact) mass is 339 g/mol. The fourth-order valence-electron chi connectivity index (χ4n) is 3.07. The number of rotatable bonds is 6. The molecule has 1 aromatic carbocycles. The van der Waals surface area contributed by atoms with Crippen molar-refractivity contribution in [2.45, 2.75) is 39.8 Å². The zero-order chi connectivity index (χ0) is 17.6. The van der Waals surface area contributed by atoms with Crippen LogP contribution in [0.5, 0.6) is 0 Å². The van der Waals surface area contributed by atoms with E-state index in [2.05, 4.69) is 64.3 Å².